The lowest BCUT2D eigenvalue weighted by Crippen LogP contribution is -2.01. The third-order valence-electron chi connectivity index (χ3n) is 2.27. The van der Waals surface area contributed by atoms with Crippen LogP contribution < -0.4 is 5.73 Å². The van der Waals surface area contributed by atoms with Crippen molar-refractivity contribution in [2.75, 3.05) is 0 Å². The molecule has 4 heteroatoms. The molecule has 0 saturated carbocycles. The van der Waals surface area contributed by atoms with E-state index in [1.165, 1.54) is 4.88 Å². The fraction of sp³-hybridized carbons (Fsp3) is 0.167. The van der Waals surface area contributed by atoms with Gasteiger partial charge in [0.2, 0.25) is 0 Å². The van der Waals surface area contributed by atoms with Gasteiger partial charge < -0.3 is 5.73 Å². The van der Waals surface area contributed by atoms with E-state index in [4.69, 9.17) is 17.3 Å². The summed E-state index contributed by atoms with van der Waals surface area (Å²) in [6.07, 6.45) is 0. The van der Waals surface area contributed by atoms with Crippen LogP contribution in [0.2, 0.25) is 5.02 Å². The molecule has 1 heterocycles. The molecule has 1 aromatic heterocycles. The highest BCUT2D eigenvalue weighted by Gasteiger charge is 2.09. The molecule has 0 saturated heterocycles. The van der Waals surface area contributed by atoms with Crippen LogP contribution in [0.15, 0.2) is 34.8 Å². The molecule has 84 valence electrons. The Morgan fingerprint density at radius 1 is 1.31 bits per heavy atom. The van der Waals surface area contributed by atoms with Crippen LogP contribution in [0.5, 0.6) is 0 Å². The second kappa shape index (κ2) is 4.88. The number of hydrogen-bond acceptors (Lipinski definition) is 2. The highest BCUT2D eigenvalue weighted by molar-refractivity contribution is 9.10. The quantitative estimate of drug-likeness (QED) is 0.842. The Hall–Kier alpha value is -0.350. The molecule has 1 unspecified atom stereocenters. The number of benzene rings is 1. The normalized spacial score (nSPS) is 12.8. The molecule has 0 bridgehead atoms. The number of thiophene rings is 1. The summed E-state index contributed by atoms with van der Waals surface area (Å²) < 4.78 is 1.03. The van der Waals surface area contributed by atoms with E-state index in [-0.39, 0.29) is 6.04 Å². The summed E-state index contributed by atoms with van der Waals surface area (Å²) in [5, 5.41) is 0.765. The largest absolute Gasteiger partial charge is 0.324 e. The van der Waals surface area contributed by atoms with Crippen LogP contribution in [0.25, 0.3) is 10.4 Å². The monoisotopic (exact) mass is 315 g/mol. The molecule has 0 aliphatic heterocycles. The molecule has 0 fully saturated rings. The van der Waals surface area contributed by atoms with Gasteiger partial charge in [-0.3, -0.25) is 0 Å². The molecule has 2 N–H and O–H groups in total. The zero-order chi connectivity index (χ0) is 11.7. The van der Waals surface area contributed by atoms with E-state index in [0.717, 1.165) is 19.9 Å². The lowest BCUT2D eigenvalue weighted by atomic mass is 10.2. The Kier molecular flexibility index (Phi) is 3.70. The standard InChI is InChI=1S/C12H11BrClNS/c1-7(15)11-4-5-12(16-11)9-6-8(13)2-3-10(9)14/h2-7H,15H2,1H3. The predicted molar refractivity (Wildman–Crippen MR) is 75.1 cm³/mol. The second-order valence-electron chi connectivity index (χ2n) is 3.61. The van der Waals surface area contributed by atoms with Crippen molar-refractivity contribution < 1.29 is 0 Å². The molecule has 0 spiro atoms. The number of rotatable bonds is 2. The van der Waals surface area contributed by atoms with Crippen molar-refractivity contribution in [3.05, 3.63) is 44.7 Å². The Balaban J connectivity index is 2.46. The first-order valence-corrected chi connectivity index (χ1v) is 6.87. The molecular formula is C12H11BrClNS. The maximum absolute atomic E-state index is 6.17. The summed E-state index contributed by atoms with van der Waals surface area (Å²) in [5.74, 6) is 0. The second-order valence-corrected chi connectivity index (χ2v) is 6.05. The minimum Gasteiger partial charge on any atom is -0.324 e. The first-order valence-electron chi connectivity index (χ1n) is 4.88. The molecule has 1 nitrogen and oxygen atoms in total. The molecule has 0 amide bonds. The van der Waals surface area contributed by atoms with Crippen LogP contribution in [-0.4, -0.2) is 0 Å². The van der Waals surface area contributed by atoms with Crippen LogP contribution >= 0.6 is 38.9 Å². The van der Waals surface area contributed by atoms with E-state index in [9.17, 15) is 0 Å². The summed E-state index contributed by atoms with van der Waals surface area (Å²) in [6.45, 7) is 1.98. The van der Waals surface area contributed by atoms with Gasteiger partial charge in [0.25, 0.3) is 0 Å². The lowest BCUT2D eigenvalue weighted by Gasteiger charge is -2.02. The molecule has 2 rings (SSSR count). The highest BCUT2D eigenvalue weighted by Crippen LogP contribution is 2.36. The maximum atomic E-state index is 6.17. The third kappa shape index (κ3) is 2.48. The Bertz CT molecular complexity index is 507. The zero-order valence-corrected chi connectivity index (χ0v) is 11.9. The van der Waals surface area contributed by atoms with Crippen molar-refractivity contribution in [1.29, 1.82) is 0 Å². The molecule has 2 aromatic rings. The highest BCUT2D eigenvalue weighted by atomic mass is 79.9. The number of halogens is 2. The first-order chi connectivity index (χ1) is 7.58. The van der Waals surface area contributed by atoms with E-state index < -0.39 is 0 Å². The average Bonchev–Trinajstić information content (AvgIpc) is 2.70. The molecular weight excluding hydrogens is 306 g/mol. The van der Waals surface area contributed by atoms with Crippen molar-refractivity contribution in [3.8, 4) is 10.4 Å². The zero-order valence-electron chi connectivity index (χ0n) is 8.71. The Morgan fingerprint density at radius 2 is 2.06 bits per heavy atom. The summed E-state index contributed by atoms with van der Waals surface area (Å²) in [4.78, 5) is 2.32. The maximum Gasteiger partial charge on any atom is 0.0493 e. The molecule has 1 atom stereocenters. The summed E-state index contributed by atoms with van der Waals surface area (Å²) in [5.41, 5.74) is 6.89. The van der Waals surface area contributed by atoms with Gasteiger partial charge in [-0.05, 0) is 37.3 Å². The van der Waals surface area contributed by atoms with Gasteiger partial charge >= 0.3 is 0 Å². The minimum absolute atomic E-state index is 0.0738. The van der Waals surface area contributed by atoms with E-state index in [1.54, 1.807) is 11.3 Å². The van der Waals surface area contributed by atoms with Gasteiger partial charge in [0, 0.05) is 30.9 Å². The van der Waals surface area contributed by atoms with Crippen molar-refractivity contribution in [2.24, 2.45) is 5.73 Å². The van der Waals surface area contributed by atoms with Crippen molar-refractivity contribution in [3.63, 3.8) is 0 Å². The van der Waals surface area contributed by atoms with E-state index in [1.807, 2.05) is 25.1 Å². The van der Waals surface area contributed by atoms with Gasteiger partial charge in [-0.25, -0.2) is 0 Å². The van der Waals surface area contributed by atoms with Crippen LogP contribution in [0, 0.1) is 0 Å². The Morgan fingerprint density at radius 3 is 2.69 bits per heavy atom. The fourth-order valence-electron chi connectivity index (χ4n) is 1.43. The minimum atomic E-state index is 0.0738. The van der Waals surface area contributed by atoms with Crippen molar-refractivity contribution >= 4 is 38.9 Å². The third-order valence-corrected chi connectivity index (χ3v) is 4.41. The summed E-state index contributed by atoms with van der Waals surface area (Å²) >= 11 is 11.3. The first kappa shape index (κ1) is 12.1. The van der Waals surface area contributed by atoms with Crippen LogP contribution in [-0.2, 0) is 0 Å². The van der Waals surface area contributed by atoms with E-state index in [2.05, 4.69) is 28.1 Å². The smallest absolute Gasteiger partial charge is 0.0493 e. The van der Waals surface area contributed by atoms with Crippen LogP contribution in [0.4, 0.5) is 0 Å². The Labute approximate surface area is 112 Å². The topological polar surface area (TPSA) is 26.0 Å². The molecule has 0 radical (unpaired) electrons. The average molecular weight is 317 g/mol. The van der Waals surface area contributed by atoms with Crippen LogP contribution in [0.3, 0.4) is 0 Å². The lowest BCUT2D eigenvalue weighted by molar-refractivity contribution is 0.838. The van der Waals surface area contributed by atoms with Crippen LogP contribution in [0.1, 0.15) is 17.8 Å². The SMILES string of the molecule is CC(N)c1ccc(-c2cc(Br)ccc2Cl)s1. The van der Waals surface area contributed by atoms with Gasteiger partial charge in [-0.1, -0.05) is 27.5 Å². The predicted octanol–water partition coefficient (Wildman–Crippen LogP) is 4.85. The number of hydrogen-bond donors (Lipinski definition) is 1. The van der Waals surface area contributed by atoms with Gasteiger partial charge in [0.15, 0.2) is 0 Å². The molecule has 0 aliphatic rings. The van der Waals surface area contributed by atoms with Crippen molar-refractivity contribution in [1.82, 2.24) is 0 Å². The van der Waals surface area contributed by atoms with E-state index >= 15 is 0 Å². The van der Waals surface area contributed by atoms with Gasteiger partial charge in [-0.15, -0.1) is 11.3 Å². The number of nitrogens with two attached hydrogens (primary N) is 1. The summed E-state index contributed by atoms with van der Waals surface area (Å²) in [6, 6.07) is 10.1. The fourth-order valence-corrected chi connectivity index (χ4v) is 3.06. The van der Waals surface area contributed by atoms with Gasteiger partial charge in [-0.2, -0.15) is 0 Å². The molecule has 16 heavy (non-hydrogen) atoms. The van der Waals surface area contributed by atoms with Gasteiger partial charge in [0.1, 0.15) is 0 Å². The summed E-state index contributed by atoms with van der Waals surface area (Å²) in [7, 11) is 0. The molecule has 1 aromatic carbocycles. The van der Waals surface area contributed by atoms with E-state index in [0.29, 0.717) is 0 Å². The van der Waals surface area contributed by atoms with Crippen molar-refractivity contribution in [2.45, 2.75) is 13.0 Å². The van der Waals surface area contributed by atoms with Gasteiger partial charge in [0.05, 0.1) is 0 Å². The molecule has 0 aliphatic carbocycles.